The minimum Gasteiger partial charge on any atom is -0.339 e. The van der Waals surface area contributed by atoms with Crippen molar-refractivity contribution in [2.24, 2.45) is 0 Å². The van der Waals surface area contributed by atoms with Crippen molar-refractivity contribution in [2.45, 2.75) is 10.8 Å². The SMILES string of the molecule is O=C(CSc1ncnc2ccccc12)N1CCN(S(=O)(=O)Cc2ccccc2)CC1. The lowest BCUT2D eigenvalue weighted by atomic mass is 10.2. The molecule has 1 aromatic heterocycles. The quantitative estimate of drug-likeness (QED) is 0.431. The Labute approximate surface area is 180 Å². The van der Waals surface area contributed by atoms with Crippen LogP contribution in [0.2, 0.25) is 0 Å². The number of fused-ring (bicyclic) bond motifs is 1. The highest BCUT2D eigenvalue weighted by atomic mass is 32.2. The highest BCUT2D eigenvalue weighted by Crippen LogP contribution is 2.24. The Morgan fingerprint density at radius 2 is 1.63 bits per heavy atom. The van der Waals surface area contributed by atoms with Gasteiger partial charge in [-0.2, -0.15) is 4.31 Å². The van der Waals surface area contributed by atoms with Crippen LogP contribution in [0.4, 0.5) is 0 Å². The number of amides is 1. The first-order chi connectivity index (χ1) is 14.5. The van der Waals surface area contributed by atoms with E-state index in [0.717, 1.165) is 21.5 Å². The molecule has 7 nitrogen and oxygen atoms in total. The second-order valence-corrected chi connectivity index (χ2v) is 9.94. The van der Waals surface area contributed by atoms with Gasteiger partial charge in [-0.05, 0) is 11.6 Å². The molecular formula is C21H22N4O3S2. The zero-order chi connectivity index (χ0) is 21.0. The number of carbonyl (C=O) groups is 1. The van der Waals surface area contributed by atoms with Crippen LogP contribution in [0.5, 0.6) is 0 Å². The molecule has 0 aliphatic carbocycles. The van der Waals surface area contributed by atoms with Gasteiger partial charge in [0.2, 0.25) is 15.9 Å². The molecule has 1 saturated heterocycles. The predicted octanol–water partition coefficient (Wildman–Crippen LogP) is 2.40. The standard InChI is InChI=1S/C21H22N4O3S2/c26-20(14-29-21-18-8-4-5-9-19(18)22-16-23-21)24-10-12-25(13-11-24)30(27,28)15-17-6-2-1-3-7-17/h1-9,16H,10-15H2. The first-order valence-corrected chi connectivity index (χ1v) is 12.2. The van der Waals surface area contributed by atoms with Gasteiger partial charge in [-0.3, -0.25) is 4.79 Å². The van der Waals surface area contributed by atoms with Gasteiger partial charge in [-0.15, -0.1) is 0 Å². The lowest BCUT2D eigenvalue weighted by Gasteiger charge is -2.34. The van der Waals surface area contributed by atoms with E-state index >= 15 is 0 Å². The van der Waals surface area contributed by atoms with Crippen LogP contribution < -0.4 is 0 Å². The number of sulfonamides is 1. The van der Waals surface area contributed by atoms with E-state index in [1.807, 2.05) is 54.6 Å². The van der Waals surface area contributed by atoms with Crippen molar-refractivity contribution in [3.05, 3.63) is 66.5 Å². The highest BCUT2D eigenvalue weighted by Gasteiger charge is 2.29. The zero-order valence-electron chi connectivity index (χ0n) is 16.3. The maximum Gasteiger partial charge on any atom is 0.233 e. The summed E-state index contributed by atoms with van der Waals surface area (Å²) in [6.07, 6.45) is 1.51. The number of piperazine rings is 1. The Morgan fingerprint density at radius 3 is 2.40 bits per heavy atom. The molecule has 9 heteroatoms. The van der Waals surface area contributed by atoms with Gasteiger partial charge in [0.05, 0.1) is 17.0 Å². The van der Waals surface area contributed by atoms with Crippen molar-refractivity contribution in [3.8, 4) is 0 Å². The van der Waals surface area contributed by atoms with Crippen LogP contribution >= 0.6 is 11.8 Å². The van der Waals surface area contributed by atoms with Crippen molar-refractivity contribution in [2.75, 3.05) is 31.9 Å². The second kappa shape index (κ2) is 9.11. The molecule has 1 aliphatic rings. The summed E-state index contributed by atoms with van der Waals surface area (Å²) < 4.78 is 26.8. The van der Waals surface area contributed by atoms with Crippen molar-refractivity contribution in [1.29, 1.82) is 0 Å². The summed E-state index contributed by atoms with van der Waals surface area (Å²) in [7, 11) is -3.39. The van der Waals surface area contributed by atoms with Gasteiger partial charge in [0.1, 0.15) is 11.4 Å². The molecule has 0 atom stereocenters. The normalized spacial score (nSPS) is 15.4. The molecule has 0 saturated carbocycles. The third-order valence-electron chi connectivity index (χ3n) is 5.02. The van der Waals surface area contributed by atoms with Crippen molar-refractivity contribution < 1.29 is 13.2 Å². The maximum atomic E-state index is 12.7. The molecule has 0 bridgehead atoms. The molecule has 0 N–H and O–H groups in total. The molecule has 0 unspecified atom stereocenters. The number of rotatable bonds is 6. The van der Waals surface area contributed by atoms with Gasteiger partial charge >= 0.3 is 0 Å². The lowest BCUT2D eigenvalue weighted by Crippen LogP contribution is -2.51. The summed E-state index contributed by atoms with van der Waals surface area (Å²) in [6, 6.07) is 16.9. The maximum absolute atomic E-state index is 12.7. The molecular weight excluding hydrogens is 420 g/mol. The Bertz CT molecular complexity index is 1130. The van der Waals surface area contributed by atoms with Crippen LogP contribution in [-0.2, 0) is 20.6 Å². The second-order valence-electron chi connectivity index (χ2n) is 7.01. The molecule has 2 aromatic carbocycles. The summed E-state index contributed by atoms with van der Waals surface area (Å²) in [4.78, 5) is 22.9. The monoisotopic (exact) mass is 442 g/mol. The minimum absolute atomic E-state index is 0.0113. The van der Waals surface area contributed by atoms with Crippen LogP contribution in [-0.4, -0.2) is 65.4 Å². The summed E-state index contributed by atoms with van der Waals surface area (Å²) in [5.41, 5.74) is 1.61. The summed E-state index contributed by atoms with van der Waals surface area (Å²) >= 11 is 1.39. The minimum atomic E-state index is -3.39. The third kappa shape index (κ3) is 4.80. The number of benzene rings is 2. The summed E-state index contributed by atoms with van der Waals surface area (Å²) in [6.45, 7) is 1.44. The summed E-state index contributed by atoms with van der Waals surface area (Å²) in [5, 5.41) is 1.70. The molecule has 1 amide bonds. The van der Waals surface area contributed by atoms with E-state index in [2.05, 4.69) is 9.97 Å². The Kier molecular flexibility index (Phi) is 6.31. The number of thioether (sulfide) groups is 1. The lowest BCUT2D eigenvalue weighted by molar-refractivity contribution is -0.129. The van der Waals surface area contributed by atoms with Crippen LogP contribution in [0, 0.1) is 0 Å². The number of hydrogen-bond donors (Lipinski definition) is 0. The van der Waals surface area contributed by atoms with E-state index < -0.39 is 10.0 Å². The first-order valence-electron chi connectivity index (χ1n) is 9.65. The van der Waals surface area contributed by atoms with Crippen LogP contribution in [0.3, 0.4) is 0 Å². The molecule has 1 aliphatic heterocycles. The molecule has 1 fully saturated rings. The van der Waals surface area contributed by atoms with E-state index in [0.29, 0.717) is 26.2 Å². The Morgan fingerprint density at radius 1 is 0.933 bits per heavy atom. The van der Waals surface area contributed by atoms with Crippen LogP contribution in [0.15, 0.2) is 66.0 Å². The van der Waals surface area contributed by atoms with E-state index in [-0.39, 0.29) is 17.4 Å². The molecule has 0 spiro atoms. The molecule has 3 aromatic rings. The van der Waals surface area contributed by atoms with Crippen LogP contribution in [0.1, 0.15) is 5.56 Å². The van der Waals surface area contributed by atoms with E-state index in [1.54, 1.807) is 4.90 Å². The summed E-state index contributed by atoms with van der Waals surface area (Å²) in [5.74, 6) is 0.235. The van der Waals surface area contributed by atoms with Gasteiger partial charge in [0.15, 0.2) is 0 Å². The number of para-hydroxylation sites is 1. The van der Waals surface area contributed by atoms with Crippen molar-refractivity contribution in [1.82, 2.24) is 19.2 Å². The predicted molar refractivity (Wildman–Crippen MR) is 117 cm³/mol. The molecule has 0 radical (unpaired) electrons. The number of nitrogens with zero attached hydrogens (tertiary/aromatic N) is 4. The van der Waals surface area contributed by atoms with Gasteiger partial charge in [-0.25, -0.2) is 18.4 Å². The van der Waals surface area contributed by atoms with E-state index in [9.17, 15) is 13.2 Å². The van der Waals surface area contributed by atoms with Crippen LogP contribution in [0.25, 0.3) is 10.9 Å². The Balaban J connectivity index is 1.32. The highest BCUT2D eigenvalue weighted by molar-refractivity contribution is 8.00. The Hall–Kier alpha value is -2.49. The molecule has 4 rings (SSSR count). The number of aromatic nitrogens is 2. The number of carbonyl (C=O) groups excluding carboxylic acids is 1. The van der Waals surface area contributed by atoms with Gasteiger partial charge in [-0.1, -0.05) is 60.3 Å². The van der Waals surface area contributed by atoms with Gasteiger partial charge < -0.3 is 4.90 Å². The zero-order valence-corrected chi connectivity index (χ0v) is 18.0. The average Bonchev–Trinajstić information content (AvgIpc) is 2.78. The van der Waals surface area contributed by atoms with Crippen molar-refractivity contribution in [3.63, 3.8) is 0 Å². The molecule has 2 heterocycles. The molecule has 156 valence electrons. The third-order valence-corrected chi connectivity index (χ3v) is 7.86. The van der Waals surface area contributed by atoms with Gasteiger partial charge in [0.25, 0.3) is 0 Å². The number of hydrogen-bond acceptors (Lipinski definition) is 6. The van der Waals surface area contributed by atoms with Crippen molar-refractivity contribution >= 4 is 38.6 Å². The topological polar surface area (TPSA) is 83.5 Å². The van der Waals surface area contributed by atoms with E-state index in [1.165, 1.54) is 22.4 Å². The van der Waals surface area contributed by atoms with Gasteiger partial charge in [0, 0.05) is 31.6 Å². The largest absolute Gasteiger partial charge is 0.339 e. The average molecular weight is 443 g/mol. The first kappa shape index (κ1) is 20.8. The fourth-order valence-corrected chi connectivity index (χ4v) is 5.82. The fraction of sp³-hybridized carbons (Fsp3) is 0.286. The van der Waals surface area contributed by atoms with E-state index in [4.69, 9.17) is 0 Å². The smallest absolute Gasteiger partial charge is 0.233 e. The fourth-order valence-electron chi connectivity index (χ4n) is 3.41. The molecule has 30 heavy (non-hydrogen) atoms.